The number of benzene rings is 2. The van der Waals surface area contributed by atoms with Gasteiger partial charge in [0, 0.05) is 5.02 Å². The van der Waals surface area contributed by atoms with E-state index in [1.807, 2.05) is 0 Å². The van der Waals surface area contributed by atoms with Crippen molar-refractivity contribution in [3.05, 3.63) is 82.4 Å². The van der Waals surface area contributed by atoms with Crippen LogP contribution in [-0.4, -0.2) is 21.6 Å². The number of hydrogen-bond donors (Lipinski definition) is 2. The molecule has 0 saturated carbocycles. The number of halogens is 2. The summed E-state index contributed by atoms with van der Waals surface area (Å²) in [6.07, 6.45) is 1.38. The summed E-state index contributed by atoms with van der Waals surface area (Å²) in [5, 5.41) is 4.71. The van der Waals surface area contributed by atoms with Crippen molar-refractivity contribution in [3.8, 4) is 5.69 Å². The maximum atomic E-state index is 13.6. The molecule has 0 saturated heterocycles. The third-order valence-corrected chi connectivity index (χ3v) is 3.95. The summed E-state index contributed by atoms with van der Waals surface area (Å²) >= 11 is 5.97. The fourth-order valence-corrected chi connectivity index (χ4v) is 2.58. The van der Waals surface area contributed by atoms with Gasteiger partial charge in [0.15, 0.2) is 0 Å². The number of nitrogens with zero attached hydrogens (tertiary/aromatic N) is 2. The summed E-state index contributed by atoms with van der Waals surface area (Å²) in [6, 6.07) is 12.5. The molecule has 0 atom stereocenters. The number of carbonyl (C=O) groups is 2. The highest BCUT2D eigenvalue weighted by Crippen LogP contribution is 2.17. The molecule has 0 fully saturated rings. The normalized spacial score (nSPS) is 10.4. The first-order valence-electron chi connectivity index (χ1n) is 7.63. The molecule has 0 radical (unpaired) electrons. The van der Waals surface area contributed by atoms with Crippen LogP contribution >= 0.6 is 11.6 Å². The zero-order valence-corrected chi connectivity index (χ0v) is 14.4. The standard InChI is InChI=1S/C18H14ClFN4O2/c1-11-15(10-21-24(11)13-6-4-5-12(19)9-13)18(26)23-22-17(25)14-7-2-3-8-16(14)20/h2-10H,1H3,(H,22,25)(H,23,26). The highest BCUT2D eigenvalue weighted by molar-refractivity contribution is 6.30. The molecular formula is C18H14ClFN4O2. The summed E-state index contributed by atoms with van der Waals surface area (Å²) in [5.74, 6) is -2.00. The molecule has 0 unspecified atom stereocenters. The van der Waals surface area contributed by atoms with Crippen LogP contribution < -0.4 is 10.9 Å². The zero-order valence-electron chi connectivity index (χ0n) is 13.7. The Hall–Kier alpha value is -3.19. The Kier molecular flexibility index (Phi) is 4.99. The van der Waals surface area contributed by atoms with Crippen molar-refractivity contribution in [2.24, 2.45) is 0 Å². The first-order valence-corrected chi connectivity index (χ1v) is 8.01. The van der Waals surface area contributed by atoms with Crippen LogP contribution in [0.4, 0.5) is 4.39 Å². The summed E-state index contributed by atoms with van der Waals surface area (Å²) < 4.78 is 15.1. The fourth-order valence-electron chi connectivity index (χ4n) is 2.39. The molecule has 1 aromatic heterocycles. The van der Waals surface area contributed by atoms with Crippen LogP contribution in [-0.2, 0) is 0 Å². The van der Waals surface area contributed by atoms with Crippen LogP contribution in [0.5, 0.6) is 0 Å². The predicted molar refractivity (Wildman–Crippen MR) is 94.6 cm³/mol. The molecule has 3 aromatic rings. The topological polar surface area (TPSA) is 76.0 Å². The molecule has 2 N–H and O–H groups in total. The molecule has 3 rings (SSSR count). The largest absolute Gasteiger partial charge is 0.273 e. The second kappa shape index (κ2) is 7.37. The molecule has 0 aliphatic rings. The summed E-state index contributed by atoms with van der Waals surface area (Å²) in [5.41, 5.74) is 5.80. The molecule has 0 aliphatic carbocycles. The lowest BCUT2D eigenvalue weighted by Gasteiger charge is -2.08. The highest BCUT2D eigenvalue weighted by Gasteiger charge is 2.17. The Bertz CT molecular complexity index is 987. The first-order chi connectivity index (χ1) is 12.5. The van der Waals surface area contributed by atoms with Crippen LogP contribution in [0.25, 0.3) is 5.69 Å². The molecule has 26 heavy (non-hydrogen) atoms. The molecule has 0 aliphatic heterocycles. The van der Waals surface area contributed by atoms with Crippen LogP contribution in [0.1, 0.15) is 26.4 Å². The quantitative estimate of drug-likeness (QED) is 0.694. The second-order valence-corrected chi connectivity index (χ2v) is 5.86. The van der Waals surface area contributed by atoms with Crippen LogP contribution in [0.2, 0.25) is 5.02 Å². The molecule has 132 valence electrons. The van der Waals surface area contributed by atoms with Crippen molar-refractivity contribution in [1.82, 2.24) is 20.6 Å². The summed E-state index contributed by atoms with van der Waals surface area (Å²) in [6.45, 7) is 1.71. The van der Waals surface area contributed by atoms with Gasteiger partial charge in [-0.2, -0.15) is 5.10 Å². The smallest absolute Gasteiger partial charge is 0.267 e. The lowest BCUT2D eigenvalue weighted by Crippen LogP contribution is -2.42. The van der Waals surface area contributed by atoms with Gasteiger partial charge in [-0.1, -0.05) is 29.8 Å². The molecule has 6 nitrogen and oxygen atoms in total. The van der Waals surface area contributed by atoms with Gasteiger partial charge in [-0.05, 0) is 37.3 Å². The SMILES string of the molecule is Cc1c(C(=O)NNC(=O)c2ccccc2F)cnn1-c1cccc(Cl)c1. The summed E-state index contributed by atoms with van der Waals surface area (Å²) in [4.78, 5) is 24.2. The second-order valence-electron chi connectivity index (χ2n) is 5.42. The maximum absolute atomic E-state index is 13.6. The van der Waals surface area contributed by atoms with Crippen molar-refractivity contribution in [1.29, 1.82) is 0 Å². The van der Waals surface area contributed by atoms with Gasteiger partial charge in [-0.15, -0.1) is 0 Å². The Balaban J connectivity index is 1.73. The average molecular weight is 373 g/mol. The van der Waals surface area contributed by atoms with Gasteiger partial charge in [0.05, 0.1) is 28.7 Å². The minimum absolute atomic E-state index is 0.167. The third kappa shape index (κ3) is 3.57. The minimum Gasteiger partial charge on any atom is -0.267 e. The fraction of sp³-hybridized carbons (Fsp3) is 0.0556. The van der Waals surface area contributed by atoms with Crippen molar-refractivity contribution >= 4 is 23.4 Å². The molecule has 0 bridgehead atoms. The van der Waals surface area contributed by atoms with Crippen LogP contribution in [0, 0.1) is 12.7 Å². The average Bonchev–Trinajstić information content (AvgIpc) is 3.01. The van der Waals surface area contributed by atoms with E-state index >= 15 is 0 Å². The van der Waals surface area contributed by atoms with Crippen molar-refractivity contribution in [2.75, 3.05) is 0 Å². The third-order valence-electron chi connectivity index (χ3n) is 3.72. The number of hydrazine groups is 1. The maximum Gasteiger partial charge on any atom is 0.273 e. The Labute approximate surface area is 153 Å². The van der Waals surface area contributed by atoms with Crippen LogP contribution in [0.3, 0.4) is 0 Å². The molecule has 8 heteroatoms. The van der Waals surface area contributed by atoms with E-state index in [0.717, 1.165) is 6.07 Å². The predicted octanol–water partition coefficient (Wildman–Crippen LogP) is 3.05. The van der Waals surface area contributed by atoms with E-state index in [2.05, 4.69) is 16.0 Å². The van der Waals surface area contributed by atoms with E-state index in [-0.39, 0.29) is 11.1 Å². The molecule has 2 aromatic carbocycles. The van der Waals surface area contributed by atoms with Crippen molar-refractivity contribution < 1.29 is 14.0 Å². The number of rotatable bonds is 3. The monoisotopic (exact) mass is 372 g/mol. The summed E-state index contributed by atoms with van der Waals surface area (Å²) in [7, 11) is 0. The lowest BCUT2D eigenvalue weighted by atomic mass is 10.2. The number of nitrogens with one attached hydrogen (secondary N) is 2. The van der Waals surface area contributed by atoms with Gasteiger partial charge in [0.2, 0.25) is 0 Å². The molecule has 1 heterocycles. The van der Waals surface area contributed by atoms with E-state index < -0.39 is 17.6 Å². The van der Waals surface area contributed by atoms with Crippen molar-refractivity contribution in [3.63, 3.8) is 0 Å². The Morgan fingerprint density at radius 3 is 2.42 bits per heavy atom. The molecule has 2 amide bonds. The zero-order chi connectivity index (χ0) is 18.7. The van der Waals surface area contributed by atoms with E-state index in [0.29, 0.717) is 16.4 Å². The van der Waals surface area contributed by atoms with Gasteiger partial charge in [0.25, 0.3) is 11.8 Å². The van der Waals surface area contributed by atoms with Crippen molar-refractivity contribution in [2.45, 2.75) is 6.92 Å². The Morgan fingerprint density at radius 2 is 1.73 bits per heavy atom. The van der Waals surface area contributed by atoms with Gasteiger partial charge in [-0.25, -0.2) is 9.07 Å². The first kappa shape index (κ1) is 17.6. The van der Waals surface area contributed by atoms with Gasteiger partial charge in [-0.3, -0.25) is 20.4 Å². The van der Waals surface area contributed by atoms with Gasteiger partial charge < -0.3 is 0 Å². The van der Waals surface area contributed by atoms with E-state index in [1.165, 1.54) is 24.4 Å². The van der Waals surface area contributed by atoms with E-state index in [4.69, 9.17) is 11.6 Å². The lowest BCUT2D eigenvalue weighted by molar-refractivity contribution is 0.0844. The van der Waals surface area contributed by atoms with Gasteiger partial charge in [0.1, 0.15) is 5.82 Å². The van der Waals surface area contributed by atoms with Crippen LogP contribution in [0.15, 0.2) is 54.7 Å². The number of hydrogen-bond acceptors (Lipinski definition) is 3. The highest BCUT2D eigenvalue weighted by atomic mass is 35.5. The molecule has 0 spiro atoms. The number of carbonyl (C=O) groups excluding carboxylic acids is 2. The van der Waals surface area contributed by atoms with E-state index in [9.17, 15) is 14.0 Å². The molecular weight excluding hydrogens is 359 g/mol. The minimum atomic E-state index is -0.753. The number of amides is 2. The van der Waals surface area contributed by atoms with Gasteiger partial charge >= 0.3 is 0 Å². The van der Waals surface area contributed by atoms with E-state index in [1.54, 1.807) is 35.9 Å². The Morgan fingerprint density at radius 1 is 1.04 bits per heavy atom. The number of aromatic nitrogens is 2.